The maximum atomic E-state index is 12.4. The van der Waals surface area contributed by atoms with E-state index in [4.69, 9.17) is 0 Å². The Balaban J connectivity index is 1.73. The van der Waals surface area contributed by atoms with Crippen molar-refractivity contribution in [2.45, 2.75) is 26.8 Å². The van der Waals surface area contributed by atoms with E-state index in [9.17, 15) is 4.79 Å². The van der Waals surface area contributed by atoms with Crippen LogP contribution in [0.5, 0.6) is 0 Å². The van der Waals surface area contributed by atoms with Gasteiger partial charge in [-0.05, 0) is 44.0 Å². The minimum absolute atomic E-state index is 0.104. The number of rotatable bonds is 4. The molecule has 0 aliphatic carbocycles. The van der Waals surface area contributed by atoms with Gasteiger partial charge in [-0.2, -0.15) is 0 Å². The van der Waals surface area contributed by atoms with Gasteiger partial charge in [0.15, 0.2) is 11.5 Å². The fraction of sp³-hybridized carbons (Fsp3) is 0.222. The Morgan fingerprint density at radius 2 is 2.00 bits per heavy atom. The van der Waals surface area contributed by atoms with Crippen LogP contribution in [0.25, 0.3) is 5.82 Å². The first-order valence-corrected chi connectivity index (χ1v) is 7.74. The topological polar surface area (TPSA) is 72.7 Å². The summed E-state index contributed by atoms with van der Waals surface area (Å²) in [5, 5.41) is 11.1. The van der Waals surface area contributed by atoms with Crippen LogP contribution in [0.4, 0.5) is 0 Å². The molecule has 0 aliphatic heterocycles. The Hall–Kier alpha value is -3.02. The number of imidazole rings is 1. The van der Waals surface area contributed by atoms with Crippen molar-refractivity contribution in [2.24, 2.45) is 0 Å². The number of carbonyl (C=O) groups is 1. The van der Waals surface area contributed by atoms with Crippen molar-refractivity contribution in [3.8, 4) is 5.82 Å². The zero-order valence-corrected chi connectivity index (χ0v) is 13.9. The highest BCUT2D eigenvalue weighted by atomic mass is 16.2. The Bertz CT molecular complexity index is 840. The summed E-state index contributed by atoms with van der Waals surface area (Å²) in [6.45, 7) is 6.04. The molecular formula is C18H19N5O. The lowest BCUT2D eigenvalue weighted by Gasteiger charge is -2.17. The Labute approximate surface area is 140 Å². The van der Waals surface area contributed by atoms with Gasteiger partial charge in [0, 0.05) is 12.4 Å². The largest absolute Gasteiger partial charge is 0.344 e. The van der Waals surface area contributed by atoms with Crippen molar-refractivity contribution in [3.05, 3.63) is 71.4 Å². The van der Waals surface area contributed by atoms with Crippen molar-refractivity contribution in [1.29, 1.82) is 0 Å². The number of aryl methyl sites for hydroxylation is 2. The van der Waals surface area contributed by atoms with Crippen molar-refractivity contribution in [2.75, 3.05) is 0 Å². The molecule has 0 radical (unpaired) electrons. The van der Waals surface area contributed by atoms with Crippen LogP contribution in [0.15, 0.2) is 49.1 Å². The van der Waals surface area contributed by atoms with Crippen LogP contribution in [-0.4, -0.2) is 25.7 Å². The average molecular weight is 321 g/mol. The Kier molecular flexibility index (Phi) is 4.37. The number of hydrogen-bond acceptors (Lipinski definition) is 4. The van der Waals surface area contributed by atoms with Gasteiger partial charge in [-0.25, -0.2) is 4.98 Å². The molecule has 0 saturated heterocycles. The quantitative estimate of drug-likeness (QED) is 0.802. The summed E-state index contributed by atoms with van der Waals surface area (Å²) in [6.07, 6.45) is 5.06. The first-order chi connectivity index (χ1) is 11.5. The summed E-state index contributed by atoms with van der Waals surface area (Å²) >= 11 is 0. The lowest BCUT2D eigenvalue weighted by Crippen LogP contribution is -2.28. The predicted molar refractivity (Wildman–Crippen MR) is 91.0 cm³/mol. The van der Waals surface area contributed by atoms with E-state index in [1.165, 1.54) is 5.56 Å². The van der Waals surface area contributed by atoms with Crippen LogP contribution in [0.1, 0.15) is 40.1 Å². The minimum Gasteiger partial charge on any atom is -0.344 e. The highest BCUT2D eigenvalue weighted by Crippen LogP contribution is 2.19. The highest BCUT2D eigenvalue weighted by Gasteiger charge is 2.15. The molecule has 6 heteroatoms. The zero-order chi connectivity index (χ0) is 17.1. The molecule has 0 aliphatic rings. The molecule has 1 atom stereocenters. The minimum atomic E-state index is -0.243. The van der Waals surface area contributed by atoms with Gasteiger partial charge < -0.3 is 5.32 Å². The number of benzene rings is 1. The van der Waals surface area contributed by atoms with E-state index in [0.717, 1.165) is 11.1 Å². The summed E-state index contributed by atoms with van der Waals surface area (Å²) in [5.74, 6) is 0.375. The maximum Gasteiger partial charge on any atom is 0.272 e. The van der Waals surface area contributed by atoms with Crippen molar-refractivity contribution in [3.63, 3.8) is 0 Å². The van der Waals surface area contributed by atoms with Gasteiger partial charge in [-0.1, -0.05) is 23.8 Å². The molecule has 3 aromatic rings. The first kappa shape index (κ1) is 15.9. The number of nitrogens with one attached hydrogen (secondary N) is 1. The Morgan fingerprint density at radius 3 is 2.67 bits per heavy atom. The second-order valence-electron chi connectivity index (χ2n) is 5.80. The van der Waals surface area contributed by atoms with Gasteiger partial charge in [0.2, 0.25) is 0 Å². The van der Waals surface area contributed by atoms with Crippen LogP contribution >= 0.6 is 0 Å². The van der Waals surface area contributed by atoms with Gasteiger partial charge in [-0.15, -0.1) is 10.2 Å². The molecule has 0 unspecified atom stereocenters. The maximum absolute atomic E-state index is 12.4. The first-order valence-electron chi connectivity index (χ1n) is 7.74. The number of amides is 1. The van der Waals surface area contributed by atoms with Gasteiger partial charge in [0.1, 0.15) is 6.33 Å². The number of hydrogen-bond donors (Lipinski definition) is 1. The molecule has 0 saturated carbocycles. The number of carbonyl (C=O) groups excluding carboxylic acids is 1. The van der Waals surface area contributed by atoms with Gasteiger partial charge in [0.05, 0.1) is 6.04 Å². The van der Waals surface area contributed by atoms with Crippen molar-refractivity contribution < 1.29 is 4.79 Å². The van der Waals surface area contributed by atoms with Crippen molar-refractivity contribution >= 4 is 5.91 Å². The molecular weight excluding hydrogens is 302 g/mol. The third-order valence-electron chi connectivity index (χ3n) is 3.90. The van der Waals surface area contributed by atoms with E-state index in [2.05, 4.69) is 38.7 Å². The zero-order valence-electron chi connectivity index (χ0n) is 13.9. The number of nitrogens with zero attached hydrogens (tertiary/aromatic N) is 4. The summed E-state index contributed by atoms with van der Waals surface area (Å²) in [5.41, 5.74) is 3.71. The van der Waals surface area contributed by atoms with Gasteiger partial charge in [0.25, 0.3) is 5.91 Å². The second-order valence-corrected chi connectivity index (χ2v) is 5.80. The van der Waals surface area contributed by atoms with E-state index in [1.807, 2.05) is 20.8 Å². The SMILES string of the molecule is Cc1ccc(C)c([C@@H](C)NC(=O)c2ccc(-n3ccnc3)nn2)c1. The van der Waals surface area contributed by atoms with Gasteiger partial charge in [-0.3, -0.25) is 9.36 Å². The van der Waals surface area contributed by atoms with E-state index >= 15 is 0 Å². The fourth-order valence-corrected chi connectivity index (χ4v) is 2.55. The highest BCUT2D eigenvalue weighted by molar-refractivity contribution is 5.92. The van der Waals surface area contributed by atoms with E-state index < -0.39 is 0 Å². The van der Waals surface area contributed by atoms with Crippen molar-refractivity contribution in [1.82, 2.24) is 25.1 Å². The molecule has 24 heavy (non-hydrogen) atoms. The van der Waals surface area contributed by atoms with Crippen LogP contribution in [0.2, 0.25) is 0 Å². The van der Waals surface area contributed by atoms with E-state index in [0.29, 0.717) is 5.82 Å². The molecule has 0 bridgehead atoms. The van der Waals surface area contributed by atoms with E-state index in [-0.39, 0.29) is 17.6 Å². The molecule has 1 aromatic carbocycles. The molecule has 1 amide bonds. The molecule has 3 rings (SSSR count). The van der Waals surface area contributed by atoms with Crippen LogP contribution in [-0.2, 0) is 0 Å². The van der Waals surface area contributed by atoms with Crippen LogP contribution < -0.4 is 5.32 Å². The molecule has 1 N–H and O–H groups in total. The monoisotopic (exact) mass is 321 g/mol. The van der Waals surface area contributed by atoms with Crippen LogP contribution in [0.3, 0.4) is 0 Å². The van der Waals surface area contributed by atoms with Gasteiger partial charge >= 0.3 is 0 Å². The summed E-state index contributed by atoms with van der Waals surface area (Å²) in [6, 6.07) is 9.52. The molecule has 122 valence electrons. The predicted octanol–water partition coefficient (Wildman–Crippen LogP) is 2.77. The van der Waals surface area contributed by atoms with E-state index in [1.54, 1.807) is 35.4 Å². The summed E-state index contributed by atoms with van der Waals surface area (Å²) < 4.78 is 1.73. The Morgan fingerprint density at radius 1 is 1.17 bits per heavy atom. The molecule has 0 spiro atoms. The standard InChI is InChI=1S/C18H19N5O/c1-12-4-5-13(2)15(10-12)14(3)20-18(24)16-6-7-17(22-21-16)23-9-8-19-11-23/h4-11,14H,1-3H3,(H,20,24)/t14-/m1/s1. The summed E-state index contributed by atoms with van der Waals surface area (Å²) in [4.78, 5) is 16.3. The average Bonchev–Trinajstić information content (AvgIpc) is 3.11. The molecule has 2 aromatic heterocycles. The molecule has 0 fully saturated rings. The lowest BCUT2D eigenvalue weighted by molar-refractivity contribution is 0.0933. The number of aromatic nitrogens is 4. The third kappa shape index (κ3) is 3.32. The smallest absolute Gasteiger partial charge is 0.272 e. The fourth-order valence-electron chi connectivity index (χ4n) is 2.55. The lowest BCUT2D eigenvalue weighted by atomic mass is 10.00. The molecule has 2 heterocycles. The van der Waals surface area contributed by atoms with Crippen LogP contribution in [0, 0.1) is 13.8 Å². The summed E-state index contributed by atoms with van der Waals surface area (Å²) in [7, 11) is 0. The third-order valence-corrected chi connectivity index (χ3v) is 3.90. The normalized spacial score (nSPS) is 12.0. The second kappa shape index (κ2) is 6.62. The molecule has 6 nitrogen and oxygen atoms in total.